The maximum Gasteiger partial charge on any atom is 0.219 e. The summed E-state index contributed by atoms with van der Waals surface area (Å²) in [5.41, 5.74) is 6.41. The van der Waals surface area contributed by atoms with Crippen molar-refractivity contribution in [2.75, 3.05) is 19.8 Å². The first-order valence-electron chi connectivity index (χ1n) is 12.1. The van der Waals surface area contributed by atoms with Crippen LogP contribution in [0.15, 0.2) is 30.6 Å². The fourth-order valence-electron chi connectivity index (χ4n) is 5.54. The zero-order valence-corrected chi connectivity index (χ0v) is 21.0. The lowest BCUT2D eigenvalue weighted by Gasteiger charge is -2.29. The van der Waals surface area contributed by atoms with Gasteiger partial charge in [-0.25, -0.2) is 0 Å². The number of fused-ring (bicyclic) bond motifs is 2. The zero-order chi connectivity index (χ0) is 24.3. The Kier molecular flexibility index (Phi) is 5.45. The van der Waals surface area contributed by atoms with E-state index in [2.05, 4.69) is 33.4 Å². The van der Waals surface area contributed by atoms with E-state index in [-0.39, 0.29) is 5.91 Å². The molecule has 0 radical (unpaired) electrons. The molecule has 6 rings (SSSR count). The van der Waals surface area contributed by atoms with Crippen molar-refractivity contribution >= 4 is 28.4 Å². The number of carbonyl (C=O) groups is 1. The van der Waals surface area contributed by atoms with Crippen LogP contribution in [-0.4, -0.2) is 54.7 Å². The Labute approximate surface area is 209 Å². The van der Waals surface area contributed by atoms with Gasteiger partial charge in [0.05, 0.1) is 29.3 Å². The summed E-state index contributed by atoms with van der Waals surface area (Å²) in [6.07, 6.45) is 6.52. The molecule has 1 aromatic carbocycles. The molecule has 2 aliphatic rings. The van der Waals surface area contributed by atoms with Gasteiger partial charge in [-0.1, -0.05) is 11.6 Å². The van der Waals surface area contributed by atoms with Gasteiger partial charge in [0.1, 0.15) is 0 Å². The number of hydrogen-bond acceptors (Lipinski definition) is 4. The van der Waals surface area contributed by atoms with Crippen molar-refractivity contribution in [3.05, 3.63) is 52.6 Å². The van der Waals surface area contributed by atoms with Gasteiger partial charge >= 0.3 is 0 Å². The minimum atomic E-state index is 0.0960. The second-order valence-electron chi connectivity index (χ2n) is 9.64. The van der Waals surface area contributed by atoms with Crippen LogP contribution in [0, 0.1) is 6.92 Å². The molecule has 1 fully saturated rings. The van der Waals surface area contributed by atoms with E-state index in [0.29, 0.717) is 17.6 Å². The molecule has 35 heavy (non-hydrogen) atoms. The van der Waals surface area contributed by atoms with E-state index in [4.69, 9.17) is 21.4 Å². The number of aromatic nitrogens is 5. The van der Waals surface area contributed by atoms with Crippen molar-refractivity contribution in [1.82, 2.24) is 29.0 Å². The molecule has 0 N–H and O–H groups in total. The smallest absolute Gasteiger partial charge is 0.219 e. The van der Waals surface area contributed by atoms with Crippen LogP contribution < -0.4 is 0 Å². The molecule has 3 aromatic heterocycles. The van der Waals surface area contributed by atoms with Gasteiger partial charge in [-0.3, -0.25) is 18.7 Å². The molecule has 1 amide bonds. The van der Waals surface area contributed by atoms with Crippen molar-refractivity contribution in [1.29, 1.82) is 0 Å². The molecule has 1 saturated heterocycles. The number of amides is 1. The molecule has 2 aliphatic heterocycles. The predicted molar refractivity (Wildman–Crippen MR) is 135 cm³/mol. The molecule has 4 aromatic rings. The number of nitrogens with zero attached hydrogens (tertiary/aromatic N) is 6. The van der Waals surface area contributed by atoms with E-state index in [1.54, 1.807) is 11.6 Å². The van der Waals surface area contributed by atoms with E-state index >= 15 is 0 Å². The number of aryl methyl sites for hydroxylation is 2. The lowest BCUT2D eigenvalue weighted by atomic mass is 10.0. The summed E-state index contributed by atoms with van der Waals surface area (Å²) in [5.74, 6) is 0.994. The van der Waals surface area contributed by atoms with Crippen LogP contribution in [0.4, 0.5) is 0 Å². The first-order chi connectivity index (χ1) is 16.9. The van der Waals surface area contributed by atoms with Gasteiger partial charge in [-0.05, 0) is 38.0 Å². The number of carbonyl (C=O) groups excluding carboxylic acids is 1. The molecule has 0 spiro atoms. The van der Waals surface area contributed by atoms with Gasteiger partial charge in [0.15, 0.2) is 5.82 Å². The van der Waals surface area contributed by atoms with Gasteiger partial charge in [0.2, 0.25) is 5.91 Å². The van der Waals surface area contributed by atoms with E-state index in [1.165, 1.54) is 5.69 Å². The van der Waals surface area contributed by atoms with Crippen LogP contribution in [0.2, 0.25) is 5.02 Å². The summed E-state index contributed by atoms with van der Waals surface area (Å²) in [4.78, 5) is 14.2. The lowest BCUT2D eigenvalue weighted by Crippen LogP contribution is -2.35. The molecule has 182 valence electrons. The third kappa shape index (κ3) is 3.76. The first kappa shape index (κ1) is 22.4. The number of ether oxygens (including phenoxy) is 1. The Bertz CT molecular complexity index is 1440. The topological polar surface area (TPSA) is 70.1 Å². The summed E-state index contributed by atoms with van der Waals surface area (Å²) in [5, 5.41) is 11.3. The van der Waals surface area contributed by atoms with Crippen LogP contribution in [-0.2, 0) is 29.5 Å². The predicted octanol–water partition coefficient (Wildman–Crippen LogP) is 4.45. The summed E-state index contributed by atoms with van der Waals surface area (Å²) >= 11 is 6.81. The van der Waals surface area contributed by atoms with Gasteiger partial charge in [0, 0.05) is 79.8 Å². The average molecular weight is 493 g/mol. The Hall–Kier alpha value is -3.10. The molecule has 0 atom stereocenters. The van der Waals surface area contributed by atoms with Crippen molar-refractivity contribution in [2.45, 2.75) is 45.7 Å². The summed E-state index contributed by atoms with van der Waals surface area (Å²) in [7, 11) is 1.90. The second kappa shape index (κ2) is 8.53. The number of rotatable bonds is 3. The molecule has 0 saturated carbocycles. The normalized spacial score (nSPS) is 16.7. The van der Waals surface area contributed by atoms with Crippen LogP contribution in [0.3, 0.4) is 0 Å². The maximum absolute atomic E-state index is 12.3. The van der Waals surface area contributed by atoms with Crippen LogP contribution in [0.25, 0.3) is 27.8 Å². The largest absolute Gasteiger partial charge is 0.381 e. The van der Waals surface area contributed by atoms with Gasteiger partial charge < -0.3 is 9.64 Å². The maximum atomic E-state index is 12.3. The van der Waals surface area contributed by atoms with Gasteiger partial charge in [-0.2, -0.15) is 10.2 Å². The second-order valence-corrected chi connectivity index (χ2v) is 10.0. The molecular formula is C26H29ClN6O2. The minimum absolute atomic E-state index is 0.0960. The molecule has 0 unspecified atom stereocenters. The first-order valence-corrected chi connectivity index (χ1v) is 12.5. The van der Waals surface area contributed by atoms with E-state index in [0.717, 1.165) is 78.1 Å². The molecule has 5 heterocycles. The SMILES string of the molecule is CC(=O)N1CCc2c(c(-n3c(C)cc4cc(-c5cnn(C)c5)c(Cl)cc43)nn2C2CCOCC2)C1. The van der Waals surface area contributed by atoms with Gasteiger partial charge in [-0.15, -0.1) is 0 Å². The lowest BCUT2D eigenvalue weighted by molar-refractivity contribution is -0.129. The number of halogens is 1. The van der Waals surface area contributed by atoms with Gasteiger partial charge in [0.25, 0.3) is 0 Å². The molecule has 8 nitrogen and oxygen atoms in total. The minimum Gasteiger partial charge on any atom is -0.381 e. The van der Waals surface area contributed by atoms with Crippen molar-refractivity contribution < 1.29 is 9.53 Å². The van der Waals surface area contributed by atoms with Crippen molar-refractivity contribution in [3.63, 3.8) is 0 Å². The summed E-state index contributed by atoms with van der Waals surface area (Å²) < 4.78 is 11.8. The zero-order valence-electron chi connectivity index (χ0n) is 20.3. The highest BCUT2D eigenvalue weighted by atomic mass is 35.5. The summed E-state index contributed by atoms with van der Waals surface area (Å²) in [6, 6.07) is 6.65. The third-order valence-corrected chi connectivity index (χ3v) is 7.66. The molecule has 0 aliphatic carbocycles. The van der Waals surface area contributed by atoms with E-state index in [9.17, 15) is 4.79 Å². The van der Waals surface area contributed by atoms with Crippen LogP contribution in [0.1, 0.15) is 42.8 Å². The number of hydrogen-bond donors (Lipinski definition) is 0. The molecular weight excluding hydrogens is 464 g/mol. The molecule has 9 heteroatoms. The van der Waals surface area contributed by atoms with Crippen molar-refractivity contribution in [2.24, 2.45) is 7.05 Å². The van der Waals surface area contributed by atoms with E-state index < -0.39 is 0 Å². The fourth-order valence-corrected chi connectivity index (χ4v) is 5.81. The Balaban J connectivity index is 1.52. The van der Waals surface area contributed by atoms with E-state index in [1.807, 2.05) is 30.4 Å². The van der Waals surface area contributed by atoms with Crippen molar-refractivity contribution in [3.8, 4) is 16.9 Å². The third-order valence-electron chi connectivity index (χ3n) is 7.35. The average Bonchev–Trinajstić information content (AvgIpc) is 3.53. The highest BCUT2D eigenvalue weighted by Gasteiger charge is 2.31. The summed E-state index contributed by atoms with van der Waals surface area (Å²) in [6.45, 7) is 6.55. The Morgan fingerprint density at radius 1 is 1.20 bits per heavy atom. The highest BCUT2D eigenvalue weighted by molar-refractivity contribution is 6.34. The van der Waals surface area contributed by atoms with Crippen LogP contribution in [0.5, 0.6) is 0 Å². The standard InChI is InChI=1S/C26H29ClN6O2/c1-16-10-18-11-21(19-13-28-30(3)14-19)23(27)12-25(18)32(16)26-22-15-31(17(2)34)7-4-24(22)33(29-26)20-5-8-35-9-6-20/h10-14,20H,4-9,15H2,1-3H3. The fraction of sp³-hybridized carbons (Fsp3) is 0.423. The Morgan fingerprint density at radius 2 is 2.00 bits per heavy atom. The molecule has 0 bridgehead atoms. The number of benzene rings is 1. The Morgan fingerprint density at radius 3 is 2.71 bits per heavy atom. The quantitative estimate of drug-likeness (QED) is 0.424. The van der Waals surface area contributed by atoms with Crippen LogP contribution >= 0.6 is 11.6 Å². The monoisotopic (exact) mass is 492 g/mol. The highest BCUT2D eigenvalue weighted by Crippen LogP contribution is 2.37.